The Labute approximate surface area is 104 Å². The van der Waals surface area contributed by atoms with Gasteiger partial charge in [0, 0.05) is 17.9 Å². The van der Waals surface area contributed by atoms with Gasteiger partial charge >= 0.3 is 6.18 Å². The summed E-state index contributed by atoms with van der Waals surface area (Å²) in [4.78, 5) is 3.46. The topological polar surface area (TPSA) is 12.9 Å². The van der Waals surface area contributed by atoms with Crippen LogP contribution in [-0.4, -0.2) is 10.3 Å². The van der Waals surface area contributed by atoms with E-state index in [2.05, 4.69) is 32.8 Å². The predicted molar refractivity (Wildman–Crippen MR) is 59.5 cm³/mol. The Bertz CT molecular complexity index is 434. The lowest BCUT2D eigenvalue weighted by Gasteiger charge is -2.06. The van der Waals surface area contributed by atoms with Crippen molar-refractivity contribution in [2.24, 2.45) is 0 Å². The Kier molecular flexibility index (Phi) is 4.63. The quantitative estimate of drug-likeness (QED) is 0.435. The minimum Gasteiger partial charge on any atom is -0.243 e. The van der Waals surface area contributed by atoms with E-state index in [4.69, 9.17) is 11.6 Å². The number of halogens is 5. The van der Waals surface area contributed by atoms with Crippen molar-refractivity contribution in [1.29, 1.82) is 0 Å². The van der Waals surface area contributed by atoms with Crippen molar-refractivity contribution < 1.29 is 13.2 Å². The highest BCUT2D eigenvalue weighted by atomic mass is 79.9. The first kappa shape index (κ1) is 13.3. The highest BCUT2D eigenvalue weighted by Gasteiger charge is 2.31. The Morgan fingerprint density at radius 2 is 2.12 bits per heavy atom. The van der Waals surface area contributed by atoms with Gasteiger partial charge in [-0.25, -0.2) is 4.98 Å². The first-order valence-electron chi connectivity index (χ1n) is 4.22. The summed E-state index contributed by atoms with van der Waals surface area (Å²) in [5.41, 5.74) is -0.752. The predicted octanol–water partition coefficient (Wildman–Crippen LogP) is 3.89. The molecule has 0 unspecified atom stereocenters. The maximum atomic E-state index is 12.3. The highest BCUT2D eigenvalue weighted by Crippen LogP contribution is 2.30. The number of alkyl halides is 4. The molecule has 1 rings (SSSR count). The normalized spacial score (nSPS) is 10.8. The van der Waals surface area contributed by atoms with Crippen LogP contribution in [0.1, 0.15) is 17.5 Å². The Morgan fingerprint density at radius 1 is 1.44 bits per heavy atom. The van der Waals surface area contributed by atoms with Gasteiger partial charge in [-0.3, -0.25) is 0 Å². The molecule has 0 radical (unpaired) electrons. The maximum Gasteiger partial charge on any atom is 0.417 e. The van der Waals surface area contributed by atoms with Crippen LogP contribution < -0.4 is 0 Å². The number of pyridine rings is 1. The molecule has 0 saturated heterocycles. The molecule has 0 saturated carbocycles. The zero-order valence-corrected chi connectivity index (χ0v) is 10.2. The van der Waals surface area contributed by atoms with Crippen LogP contribution in [0.15, 0.2) is 12.3 Å². The molecule has 1 aromatic heterocycles. The molecule has 0 aliphatic carbocycles. The van der Waals surface area contributed by atoms with Crippen molar-refractivity contribution in [1.82, 2.24) is 4.98 Å². The third-order valence-electron chi connectivity index (χ3n) is 1.61. The number of hydrogen-bond acceptors (Lipinski definition) is 1. The third kappa shape index (κ3) is 3.69. The molecule has 1 aromatic rings. The van der Waals surface area contributed by atoms with Gasteiger partial charge in [0.2, 0.25) is 0 Å². The average Bonchev–Trinajstić information content (AvgIpc) is 2.19. The van der Waals surface area contributed by atoms with Crippen molar-refractivity contribution in [3.8, 4) is 11.8 Å². The molecular formula is C10H6BrClF3N. The van der Waals surface area contributed by atoms with Gasteiger partial charge in [-0.05, 0) is 6.07 Å². The number of aromatic nitrogens is 1. The van der Waals surface area contributed by atoms with E-state index in [0.717, 1.165) is 6.07 Å². The summed E-state index contributed by atoms with van der Waals surface area (Å²) in [5.74, 6) is 5.23. The standard InChI is InChI=1S/C10H6BrClF3N/c11-4-2-1-3-7-5-8(10(13,14)15)6-16-9(7)12/h5-6H,2,4H2. The summed E-state index contributed by atoms with van der Waals surface area (Å²) in [7, 11) is 0. The van der Waals surface area contributed by atoms with Crippen LogP contribution in [0.2, 0.25) is 5.15 Å². The molecule has 16 heavy (non-hydrogen) atoms. The van der Waals surface area contributed by atoms with E-state index in [-0.39, 0.29) is 10.7 Å². The molecule has 0 amide bonds. The van der Waals surface area contributed by atoms with Gasteiger partial charge in [0.15, 0.2) is 0 Å². The molecule has 1 nitrogen and oxygen atoms in total. The Morgan fingerprint density at radius 3 is 2.69 bits per heavy atom. The van der Waals surface area contributed by atoms with Crippen molar-refractivity contribution in [2.45, 2.75) is 12.6 Å². The van der Waals surface area contributed by atoms with E-state index in [9.17, 15) is 13.2 Å². The molecule has 0 aliphatic heterocycles. The van der Waals surface area contributed by atoms with E-state index in [1.165, 1.54) is 0 Å². The minimum absolute atomic E-state index is 0.0185. The van der Waals surface area contributed by atoms with Crippen LogP contribution in [0.5, 0.6) is 0 Å². The van der Waals surface area contributed by atoms with Gasteiger partial charge in [-0.2, -0.15) is 13.2 Å². The van der Waals surface area contributed by atoms with Gasteiger partial charge in [0.05, 0.1) is 11.1 Å². The molecule has 0 aliphatic rings. The lowest BCUT2D eigenvalue weighted by atomic mass is 10.2. The fourth-order valence-electron chi connectivity index (χ4n) is 0.896. The molecule has 6 heteroatoms. The van der Waals surface area contributed by atoms with Crippen LogP contribution >= 0.6 is 27.5 Å². The summed E-state index contributed by atoms with van der Waals surface area (Å²) >= 11 is 8.79. The molecule has 0 N–H and O–H groups in total. The molecule has 0 fully saturated rings. The van der Waals surface area contributed by atoms with E-state index >= 15 is 0 Å². The summed E-state index contributed by atoms with van der Waals surface area (Å²) in [6.45, 7) is 0. The molecule has 0 atom stereocenters. The molecular weight excluding hydrogens is 306 g/mol. The lowest BCUT2D eigenvalue weighted by molar-refractivity contribution is -0.137. The lowest BCUT2D eigenvalue weighted by Crippen LogP contribution is -2.06. The summed E-state index contributed by atoms with van der Waals surface area (Å²) in [5, 5.41) is 0.638. The first-order chi connectivity index (χ1) is 7.45. The van der Waals surface area contributed by atoms with Crippen LogP contribution in [0.25, 0.3) is 0 Å². The molecule has 0 spiro atoms. The van der Waals surface area contributed by atoms with Crippen LogP contribution in [-0.2, 0) is 6.18 Å². The van der Waals surface area contributed by atoms with E-state index in [0.29, 0.717) is 17.9 Å². The second-order valence-corrected chi connectivity index (χ2v) is 3.95. The monoisotopic (exact) mass is 311 g/mol. The van der Waals surface area contributed by atoms with E-state index in [1.807, 2.05) is 0 Å². The van der Waals surface area contributed by atoms with Gasteiger partial charge in [0.1, 0.15) is 5.15 Å². The van der Waals surface area contributed by atoms with Crippen molar-refractivity contribution in [2.75, 3.05) is 5.33 Å². The molecule has 86 valence electrons. The van der Waals surface area contributed by atoms with Crippen molar-refractivity contribution in [3.05, 3.63) is 28.5 Å². The fraction of sp³-hybridized carbons (Fsp3) is 0.300. The highest BCUT2D eigenvalue weighted by molar-refractivity contribution is 9.09. The summed E-state index contributed by atoms with van der Waals surface area (Å²) < 4.78 is 37.0. The van der Waals surface area contributed by atoms with Gasteiger partial charge < -0.3 is 0 Å². The molecule has 1 heterocycles. The Balaban J connectivity index is 3.06. The van der Waals surface area contributed by atoms with E-state index in [1.54, 1.807) is 0 Å². The Hall–Kier alpha value is -0.730. The molecule has 0 aromatic carbocycles. The fourth-order valence-corrected chi connectivity index (χ4v) is 1.24. The largest absolute Gasteiger partial charge is 0.417 e. The van der Waals surface area contributed by atoms with E-state index < -0.39 is 11.7 Å². The first-order valence-corrected chi connectivity index (χ1v) is 5.72. The zero-order valence-electron chi connectivity index (χ0n) is 7.91. The van der Waals surface area contributed by atoms with Gasteiger partial charge in [-0.1, -0.05) is 39.4 Å². The number of nitrogens with zero attached hydrogens (tertiary/aromatic N) is 1. The van der Waals surface area contributed by atoms with Crippen molar-refractivity contribution >= 4 is 27.5 Å². The second kappa shape index (κ2) is 5.55. The van der Waals surface area contributed by atoms with Gasteiger partial charge in [0.25, 0.3) is 0 Å². The minimum atomic E-state index is -4.43. The second-order valence-electron chi connectivity index (χ2n) is 2.80. The van der Waals surface area contributed by atoms with Gasteiger partial charge in [-0.15, -0.1) is 0 Å². The number of rotatable bonds is 1. The van der Waals surface area contributed by atoms with Crippen molar-refractivity contribution in [3.63, 3.8) is 0 Å². The zero-order chi connectivity index (χ0) is 12.2. The summed E-state index contributed by atoms with van der Waals surface area (Å²) in [6, 6.07) is 0.899. The third-order valence-corrected chi connectivity index (χ3v) is 2.31. The van der Waals surface area contributed by atoms with Crippen LogP contribution in [0.4, 0.5) is 13.2 Å². The summed E-state index contributed by atoms with van der Waals surface area (Å²) in [6.07, 6.45) is -3.20. The van der Waals surface area contributed by atoms with Crippen LogP contribution in [0, 0.1) is 11.8 Å². The SMILES string of the molecule is FC(F)(F)c1cnc(Cl)c(C#CCCBr)c1. The van der Waals surface area contributed by atoms with Crippen LogP contribution in [0.3, 0.4) is 0 Å². The smallest absolute Gasteiger partial charge is 0.243 e. The molecule has 0 bridgehead atoms. The maximum absolute atomic E-state index is 12.3. The average molecular weight is 313 g/mol. The number of hydrogen-bond donors (Lipinski definition) is 0.